The Kier molecular flexibility index (Phi) is 5.45. The molecule has 0 aliphatic heterocycles. The van der Waals surface area contributed by atoms with E-state index in [-0.39, 0.29) is 18.1 Å². The van der Waals surface area contributed by atoms with E-state index in [1.807, 2.05) is 0 Å². The minimum absolute atomic E-state index is 0.0803. The van der Waals surface area contributed by atoms with Gasteiger partial charge in [0, 0.05) is 10.7 Å². The molecular formula is C10H10ClF3O4S. The molecule has 0 aliphatic carbocycles. The molecule has 1 rings (SSSR count). The summed E-state index contributed by atoms with van der Waals surface area (Å²) in [5.74, 6) is 0.305. The molecule has 108 valence electrons. The molecule has 0 amide bonds. The van der Waals surface area contributed by atoms with Crippen LogP contribution >= 0.6 is 10.7 Å². The first-order valence-corrected chi connectivity index (χ1v) is 7.31. The van der Waals surface area contributed by atoms with Crippen LogP contribution in [0.3, 0.4) is 0 Å². The van der Waals surface area contributed by atoms with Crippen molar-refractivity contribution in [2.24, 2.45) is 0 Å². The smallest absolute Gasteiger partial charge is 0.411 e. The van der Waals surface area contributed by atoms with Gasteiger partial charge in [0.25, 0.3) is 9.05 Å². The zero-order valence-corrected chi connectivity index (χ0v) is 11.1. The Morgan fingerprint density at radius 3 is 2.16 bits per heavy atom. The number of benzene rings is 1. The van der Waals surface area contributed by atoms with E-state index in [0.29, 0.717) is 5.75 Å². The molecule has 4 nitrogen and oxygen atoms in total. The molecule has 0 aliphatic rings. The van der Waals surface area contributed by atoms with E-state index in [1.54, 1.807) is 0 Å². The fraction of sp³-hybridized carbons (Fsp3) is 0.400. The number of hydrogen-bond donors (Lipinski definition) is 0. The van der Waals surface area contributed by atoms with Crippen LogP contribution in [-0.4, -0.2) is 34.4 Å². The molecule has 0 aromatic heterocycles. The zero-order chi connectivity index (χ0) is 14.5. The van der Waals surface area contributed by atoms with Crippen molar-refractivity contribution in [2.75, 3.05) is 19.8 Å². The van der Waals surface area contributed by atoms with Gasteiger partial charge >= 0.3 is 6.18 Å². The molecule has 0 radical (unpaired) electrons. The molecule has 0 spiro atoms. The molecule has 0 saturated heterocycles. The molecule has 19 heavy (non-hydrogen) atoms. The van der Waals surface area contributed by atoms with Crippen LogP contribution in [0.15, 0.2) is 29.2 Å². The van der Waals surface area contributed by atoms with Crippen LogP contribution in [0.4, 0.5) is 13.2 Å². The van der Waals surface area contributed by atoms with Crippen LogP contribution in [0.2, 0.25) is 0 Å². The van der Waals surface area contributed by atoms with Gasteiger partial charge in [0.05, 0.1) is 11.5 Å². The summed E-state index contributed by atoms with van der Waals surface area (Å²) in [6.07, 6.45) is -4.36. The van der Waals surface area contributed by atoms with Crippen LogP contribution in [0.1, 0.15) is 0 Å². The lowest BCUT2D eigenvalue weighted by molar-refractivity contribution is -0.175. The molecule has 9 heteroatoms. The Balaban J connectivity index is 2.35. The van der Waals surface area contributed by atoms with Crippen LogP contribution in [-0.2, 0) is 13.8 Å². The van der Waals surface area contributed by atoms with Gasteiger partial charge in [-0.25, -0.2) is 8.42 Å². The van der Waals surface area contributed by atoms with E-state index in [1.165, 1.54) is 24.3 Å². The average molecular weight is 319 g/mol. The van der Waals surface area contributed by atoms with Crippen LogP contribution in [0, 0.1) is 0 Å². The summed E-state index contributed by atoms with van der Waals surface area (Å²) in [5, 5.41) is 0. The monoisotopic (exact) mass is 318 g/mol. The number of rotatable bonds is 6. The summed E-state index contributed by atoms with van der Waals surface area (Å²) in [6.45, 7) is -1.64. The Hall–Kier alpha value is -0.990. The minimum atomic E-state index is -4.36. The third kappa shape index (κ3) is 6.65. The summed E-state index contributed by atoms with van der Waals surface area (Å²) in [5.41, 5.74) is 0. The first kappa shape index (κ1) is 16.1. The Morgan fingerprint density at radius 2 is 1.68 bits per heavy atom. The van der Waals surface area contributed by atoms with E-state index < -0.39 is 21.8 Å². The van der Waals surface area contributed by atoms with E-state index in [4.69, 9.17) is 15.4 Å². The summed E-state index contributed by atoms with van der Waals surface area (Å²) in [6, 6.07) is 5.15. The lowest BCUT2D eigenvalue weighted by Crippen LogP contribution is -2.19. The molecule has 0 fully saturated rings. The number of ether oxygens (including phenoxy) is 2. The van der Waals surface area contributed by atoms with Crippen LogP contribution in [0.25, 0.3) is 0 Å². The van der Waals surface area contributed by atoms with Gasteiger partial charge in [-0.2, -0.15) is 13.2 Å². The van der Waals surface area contributed by atoms with E-state index in [9.17, 15) is 21.6 Å². The van der Waals surface area contributed by atoms with Crippen molar-refractivity contribution >= 4 is 19.7 Å². The van der Waals surface area contributed by atoms with Gasteiger partial charge in [-0.1, -0.05) is 0 Å². The quantitative estimate of drug-likeness (QED) is 0.597. The summed E-state index contributed by atoms with van der Waals surface area (Å²) >= 11 is 0. The topological polar surface area (TPSA) is 52.6 Å². The van der Waals surface area contributed by atoms with Gasteiger partial charge in [0.15, 0.2) is 0 Å². The van der Waals surface area contributed by atoms with Gasteiger partial charge in [-0.15, -0.1) is 0 Å². The largest absolute Gasteiger partial charge is 0.491 e. The summed E-state index contributed by atoms with van der Waals surface area (Å²) in [4.78, 5) is -0.0881. The first-order valence-electron chi connectivity index (χ1n) is 5.00. The summed E-state index contributed by atoms with van der Waals surface area (Å²) in [7, 11) is 1.31. The zero-order valence-electron chi connectivity index (χ0n) is 9.48. The van der Waals surface area contributed by atoms with Crippen molar-refractivity contribution < 1.29 is 31.1 Å². The van der Waals surface area contributed by atoms with Gasteiger partial charge in [0.1, 0.15) is 19.0 Å². The fourth-order valence-corrected chi connectivity index (χ4v) is 1.87. The summed E-state index contributed by atoms with van der Waals surface area (Å²) < 4.78 is 66.4. The lowest BCUT2D eigenvalue weighted by Gasteiger charge is -2.09. The van der Waals surface area contributed by atoms with Gasteiger partial charge in [0.2, 0.25) is 0 Å². The van der Waals surface area contributed by atoms with Gasteiger partial charge < -0.3 is 9.47 Å². The number of halogens is 4. The highest BCUT2D eigenvalue weighted by Crippen LogP contribution is 2.19. The highest BCUT2D eigenvalue weighted by atomic mass is 35.7. The maximum Gasteiger partial charge on any atom is 0.411 e. The molecule has 0 saturated carbocycles. The fourth-order valence-electron chi connectivity index (χ4n) is 1.10. The van der Waals surface area contributed by atoms with Gasteiger partial charge in [-0.05, 0) is 24.3 Å². The van der Waals surface area contributed by atoms with Crippen molar-refractivity contribution in [3.05, 3.63) is 24.3 Å². The first-order chi connectivity index (χ1) is 8.68. The third-order valence-corrected chi connectivity index (χ3v) is 3.24. The third-order valence-electron chi connectivity index (χ3n) is 1.87. The molecule has 1 aromatic rings. The highest BCUT2D eigenvalue weighted by Gasteiger charge is 2.27. The minimum Gasteiger partial charge on any atom is -0.491 e. The molecule has 1 aromatic carbocycles. The second kappa shape index (κ2) is 6.44. The molecule has 0 N–H and O–H groups in total. The SMILES string of the molecule is O=S(=O)(Cl)c1ccc(OCCOCC(F)(F)F)cc1. The maximum absolute atomic E-state index is 11.7. The molecule has 0 bridgehead atoms. The molecule has 0 atom stereocenters. The van der Waals surface area contributed by atoms with E-state index >= 15 is 0 Å². The van der Waals surface area contributed by atoms with Crippen LogP contribution < -0.4 is 4.74 Å². The van der Waals surface area contributed by atoms with Crippen molar-refractivity contribution in [1.29, 1.82) is 0 Å². The average Bonchev–Trinajstić information content (AvgIpc) is 2.26. The molecule has 0 unspecified atom stereocenters. The van der Waals surface area contributed by atoms with Crippen molar-refractivity contribution in [3.8, 4) is 5.75 Å². The number of hydrogen-bond acceptors (Lipinski definition) is 4. The Bertz CT molecular complexity index is 499. The van der Waals surface area contributed by atoms with Gasteiger partial charge in [-0.3, -0.25) is 0 Å². The number of alkyl halides is 3. The van der Waals surface area contributed by atoms with Crippen molar-refractivity contribution in [3.63, 3.8) is 0 Å². The van der Waals surface area contributed by atoms with Crippen LogP contribution in [0.5, 0.6) is 5.75 Å². The molecular weight excluding hydrogens is 309 g/mol. The molecule has 0 heterocycles. The van der Waals surface area contributed by atoms with E-state index in [2.05, 4.69) is 4.74 Å². The van der Waals surface area contributed by atoms with E-state index in [0.717, 1.165) is 0 Å². The Labute approximate surface area is 112 Å². The second-order valence-electron chi connectivity index (χ2n) is 3.43. The lowest BCUT2D eigenvalue weighted by atomic mass is 10.3. The predicted molar refractivity (Wildman–Crippen MR) is 61.8 cm³/mol. The predicted octanol–water partition coefficient (Wildman–Crippen LogP) is 2.57. The van der Waals surface area contributed by atoms with Crippen molar-refractivity contribution in [2.45, 2.75) is 11.1 Å². The Morgan fingerprint density at radius 1 is 1.11 bits per heavy atom. The van der Waals surface area contributed by atoms with Crippen molar-refractivity contribution in [1.82, 2.24) is 0 Å². The maximum atomic E-state index is 11.7. The highest BCUT2D eigenvalue weighted by molar-refractivity contribution is 8.13. The second-order valence-corrected chi connectivity index (χ2v) is 5.99. The normalized spacial score (nSPS) is 12.4. The standard InChI is InChI=1S/C10H10ClF3O4S/c11-19(15,16)9-3-1-8(2-4-9)18-6-5-17-7-10(12,13)14/h1-4H,5-7H2.